The van der Waals surface area contributed by atoms with Crippen molar-refractivity contribution in [1.82, 2.24) is 0 Å². The van der Waals surface area contributed by atoms with Gasteiger partial charge < -0.3 is 10.4 Å². The fraction of sp³-hybridized carbons (Fsp3) is 0.273. The predicted octanol–water partition coefficient (Wildman–Crippen LogP) is 2.21. The molecule has 0 fully saturated rings. The maximum absolute atomic E-state index is 13.4. The Bertz CT molecular complexity index is 446. The van der Waals surface area contributed by atoms with Crippen LogP contribution in [0.4, 0.5) is 14.5 Å². The van der Waals surface area contributed by atoms with E-state index in [4.69, 9.17) is 5.11 Å². The van der Waals surface area contributed by atoms with Crippen LogP contribution in [-0.2, 0) is 15.5 Å². The van der Waals surface area contributed by atoms with Crippen LogP contribution < -0.4 is 5.32 Å². The van der Waals surface area contributed by atoms with E-state index < -0.39 is 23.9 Å². The van der Waals surface area contributed by atoms with E-state index in [1.807, 2.05) is 0 Å². The number of rotatable bonds is 4. The molecule has 4 nitrogen and oxygen atoms in total. The summed E-state index contributed by atoms with van der Waals surface area (Å²) in [5.74, 6) is -5.43. The summed E-state index contributed by atoms with van der Waals surface area (Å²) < 4.78 is 26.9. The summed E-state index contributed by atoms with van der Waals surface area (Å²) in [7, 11) is 0. The zero-order chi connectivity index (χ0) is 13.1. The molecule has 2 N–H and O–H groups in total. The number of amides is 1. The number of aliphatic carboxylic acids is 1. The van der Waals surface area contributed by atoms with Crippen LogP contribution in [0.2, 0.25) is 0 Å². The molecule has 0 unspecified atom stereocenters. The molecular formula is C11H11F2NO3. The molecule has 0 heterocycles. The van der Waals surface area contributed by atoms with Gasteiger partial charge in [0.15, 0.2) is 0 Å². The molecule has 0 aliphatic rings. The van der Waals surface area contributed by atoms with Crippen LogP contribution in [0.1, 0.15) is 18.9 Å². The van der Waals surface area contributed by atoms with Gasteiger partial charge in [-0.2, -0.15) is 0 Å². The molecule has 0 aliphatic heterocycles. The maximum atomic E-state index is 13.4. The molecule has 1 rings (SSSR count). The van der Waals surface area contributed by atoms with Gasteiger partial charge in [0.2, 0.25) is 5.91 Å². The third-order valence-corrected chi connectivity index (χ3v) is 1.98. The van der Waals surface area contributed by atoms with Crippen molar-refractivity contribution in [2.24, 2.45) is 0 Å². The van der Waals surface area contributed by atoms with Crippen LogP contribution in [0.3, 0.4) is 0 Å². The predicted molar refractivity (Wildman–Crippen MR) is 56.9 cm³/mol. The molecule has 1 aromatic rings. The highest BCUT2D eigenvalue weighted by molar-refractivity contribution is 5.88. The fourth-order valence-corrected chi connectivity index (χ4v) is 1.32. The Morgan fingerprint density at radius 3 is 2.59 bits per heavy atom. The van der Waals surface area contributed by atoms with Gasteiger partial charge in [0, 0.05) is 18.2 Å². The Morgan fingerprint density at radius 1 is 1.41 bits per heavy atom. The summed E-state index contributed by atoms with van der Waals surface area (Å²) in [6.07, 6.45) is -1.28. The van der Waals surface area contributed by atoms with E-state index in [0.717, 1.165) is 12.1 Å². The second-order valence-corrected chi connectivity index (χ2v) is 3.54. The van der Waals surface area contributed by atoms with E-state index in [2.05, 4.69) is 5.32 Å². The Kier molecular flexibility index (Phi) is 3.77. The molecule has 0 radical (unpaired) electrons. The number of hydrogen-bond acceptors (Lipinski definition) is 2. The molecule has 6 heteroatoms. The number of hydrogen-bond donors (Lipinski definition) is 2. The Morgan fingerprint density at radius 2 is 2.06 bits per heavy atom. The summed E-state index contributed by atoms with van der Waals surface area (Å²) in [6, 6.07) is 4.96. The molecule has 0 bridgehead atoms. The van der Waals surface area contributed by atoms with Gasteiger partial charge in [-0.1, -0.05) is 12.1 Å². The van der Waals surface area contributed by atoms with Crippen molar-refractivity contribution in [2.75, 3.05) is 5.32 Å². The normalized spacial score (nSPS) is 11.0. The van der Waals surface area contributed by atoms with Gasteiger partial charge in [-0.3, -0.25) is 9.59 Å². The fourth-order valence-electron chi connectivity index (χ4n) is 1.32. The van der Waals surface area contributed by atoms with Crippen molar-refractivity contribution in [2.45, 2.75) is 19.3 Å². The van der Waals surface area contributed by atoms with E-state index in [-0.39, 0.29) is 11.6 Å². The molecule has 0 aromatic heterocycles. The average Bonchev–Trinajstić information content (AvgIpc) is 2.15. The topological polar surface area (TPSA) is 66.4 Å². The Hall–Kier alpha value is -1.98. The lowest BCUT2D eigenvalue weighted by molar-refractivity contribution is -0.145. The number of anilines is 1. The van der Waals surface area contributed by atoms with Crippen LogP contribution in [0, 0.1) is 0 Å². The summed E-state index contributed by atoms with van der Waals surface area (Å²) in [5, 5.41) is 10.7. The number of carbonyl (C=O) groups excluding carboxylic acids is 1. The molecule has 0 spiro atoms. The smallest absolute Gasteiger partial charge is 0.309 e. The average molecular weight is 243 g/mol. The van der Waals surface area contributed by atoms with E-state index in [1.165, 1.54) is 19.1 Å². The first kappa shape index (κ1) is 13.1. The van der Waals surface area contributed by atoms with E-state index in [9.17, 15) is 18.4 Å². The molecule has 92 valence electrons. The molecule has 1 amide bonds. The highest BCUT2D eigenvalue weighted by Crippen LogP contribution is 2.32. The van der Waals surface area contributed by atoms with E-state index in [0.29, 0.717) is 0 Å². The molecule has 0 saturated heterocycles. The van der Waals surface area contributed by atoms with Crippen LogP contribution in [0.25, 0.3) is 0 Å². The number of halogens is 2. The number of carboxylic acid groups (broad SMARTS) is 1. The molecule has 17 heavy (non-hydrogen) atoms. The van der Waals surface area contributed by atoms with Gasteiger partial charge in [0.25, 0.3) is 5.92 Å². The zero-order valence-electron chi connectivity index (χ0n) is 9.04. The molecule has 0 aliphatic carbocycles. The van der Waals surface area contributed by atoms with Gasteiger partial charge in [0.05, 0.1) is 0 Å². The third kappa shape index (κ3) is 3.82. The van der Waals surface area contributed by atoms with Gasteiger partial charge in [-0.05, 0) is 12.1 Å². The largest absolute Gasteiger partial charge is 0.481 e. The maximum Gasteiger partial charge on any atom is 0.309 e. The van der Waals surface area contributed by atoms with Crippen LogP contribution >= 0.6 is 0 Å². The lowest BCUT2D eigenvalue weighted by atomic mass is 10.0. The number of nitrogens with one attached hydrogen (secondary N) is 1. The highest BCUT2D eigenvalue weighted by Gasteiger charge is 2.34. The van der Waals surface area contributed by atoms with Crippen LogP contribution in [0.15, 0.2) is 24.3 Å². The van der Waals surface area contributed by atoms with Gasteiger partial charge in [-0.25, -0.2) is 8.78 Å². The van der Waals surface area contributed by atoms with Crippen molar-refractivity contribution in [3.05, 3.63) is 29.8 Å². The second-order valence-electron chi connectivity index (χ2n) is 3.54. The summed E-state index contributed by atoms with van der Waals surface area (Å²) in [4.78, 5) is 21.1. The number of carboxylic acids is 1. The lowest BCUT2D eigenvalue weighted by Gasteiger charge is -2.15. The van der Waals surface area contributed by atoms with Crippen molar-refractivity contribution in [3.63, 3.8) is 0 Å². The standard InChI is InChI=1S/C11H11F2NO3/c1-7(15)14-9-4-2-3-8(5-9)11(12,13)6-10(16)17/h2-5H,6H2,1H3,(H,14,15)(H,16,17). The van der Waals surface area contributed by atoms with E-state index in [1.54, 1.807) is 0 Å². The van der Waals surface area contributed by atoms with E-state index >= 15 is 0 Å². The summed E-state index contributed by atoms with van der Waals surface area (Å²) in [5.41, 5.74) is -0.230. The number of alkyl halides is 2. The van der Waals surface area contributed by atoms with Crippen molar-refractivity contribution in [1.29, 1.82) is 0 Å². The minimum absolute atomic E-state index is 0.208. The minimum Gasteiger partial charge on any atom is -0.481 e. The van der Waals surface area contributed by atoms with Crippen LogP contribution in [-0.4, -0.2) is 17.0 Å². The lowest BCUT2D eigenvalue weighted by Crippen LogP contribution is -2.18. The molecular weight excluding hydrogens is 232 g/mol. The third-order valence-electron chi connectivity index (χ3n) is 1.98. The number of benzene rings is 1. The Balaban J connectivity index is 2.97. The first-order chi connectivity index (χ1) is 7.81. The Labute approximate surface area is 96.3 Å². The van der Waals surface area contributed by atoms with Crippen molar-refractivity contribution in [3.8, 4) is 0 Å². The van der Waals surface area contributed by atoms with Gasteiger partial charge in [-0.15, -0.1) is 0 Å². The van der Waals surface area contributed by atoms with Crippen molar-refractivity contribution < 1.29 is 23.5 Å². The van der Waals surface area contributed by atoms with Gasteiger partial charge >= 0.3 is 5.97 Å². The molecule has 0 atom stereocenters. The van der Waals surface area contributed by atoms with Crippen LogP contribution in [0.5, 0.6) is 0 Å². The monoisotopic (exact) mass is 243 g/mol. The van der Waals surface area contributed by atoms with Crippen molar-refractivity contribution >= 4 is 17.6 Å². The summed E-state index contributed by atoms with van der Waals surface area (Å²) >= 11 is 0. The molecule has 1 aromatic carbocycles. The highest BCUT2D eigenvalue weighted by atomic mass is 19.3. The SMILES string of the molecule is CC(=O)Nc1cccc(C(F)(F)CC(=O)O)c1. The zero-order valence-corrected chi connectivity index (χ0v) is 9.04. The quantitative estimate of drug-likeness (QED) is 0.852. The summed E-state index contributed by atoms with van der Waals surface area (Å²) in [6.45, 7) is 1.25. The molecule has 0 saturated carbocycles. The second kappa shape index (κ2) is 4.90. The first-order valence-corrected chi connectivity index (χ1v) is 4.79. The first-order valence-electron chi connectivity index (χ1n) is 4.79. The minimum atomic E-state index is -3.46. The number of carbonyl (C=O) groups is 2. The van der Waals surface area contributed by atoms with Gasteiger partial charge in [0.1, 0.15) is 6.42 Å².